The van der Waals surface area contributed by atoms with Gasteiger partial charge in [0.05, 0.1) is 6.61 Å². The Balaban J connectivity index is 2.02. The Bertz CT molecular complexity index is 444. The van der Waals surface area contributed by atoms with Gasteiger partial charge in [0.2, 0.25) is 5.88 Å². The normalized spacial score (nSPS) is 16.2. The molecule has 1 aromatic rings. The van der Waals surface area contributed by atoms with E-state index >= 15 is 0 Å². The number of pyridine rings is 1. The van der Waals surface area contributed by atoms with E-state index in [4.69, 9.17) is 9.47 Å². The lowest BCUT2D eigenvalue weighted by atomic mass is 10.1. The highest BCUT2D eigenvalue weighted by Gasteiger charge is 2.20. The molecule has 2 rings (SSSR count). The first-order chi connectivity index (χ1) is 10.1. The first kappa shape index (κ1) is 16.2. The molecule has 1 saturated carbocycles. The zero-order valence-electron chi connectivity index (χ0n) is 13.7. The smallest absolute Gasteiger partial charge is 0.214 e. The van der Waals surface area contributed by atoms with E-state index in [2.05, 4.69) is 30.2 Å². The van der Waals surface area contributed by atoms with Gasteiger partial charge in [-0.3, -0.25) is 0 Å². The minimum atomic E-state index is 0.0177. The molecular weight excluding hydrogens is 264 g/mol. The second-order valence-electron chi connectivity index (χ2n) is 6.14. The molecule has 0 radical (unpaired) electrons. The number of aromatic nitrogens is 1. The van der Waals surface area contributed by atoms with Crippen molar-refractivity contribution in [2.75, 3.05) is 13.2 Å². The number of ether oxygens (including phenoxy) is 2. The van der Waals surface area contributed by atoms with Gasteiger partial charge in [-0.25, -0.2) is 4.98 Å². The fourth-order valence-electron chi connectivity index (χ4n) is 2.11. The molecule has 1 aliphatic carbocycles. The molecule has 1 heterocycles. The summed E-state index contributed by atoms with van der Waals surface area (Å²) in [6, 6.07) is 4.94. The van der Waals surface area contributed by atoms with E-state index in [9.17, 15) is 0 Å². The predicted molar refractivity (Wildman–Crippen MR) is 84.8 cm³/mol. The van der Waals surface area contributed by atoms with Crippen LogP contribution in [0.5, 0.6) is 5.88 Å². The highest BCUT2D eigenvalue weighted by molar-refractivity contribution is 5.27. The maximum absolute atomic E-state index is 5.91. The lowest BCUT2D eigenvalue weighted by Gasteiger charge is -2.16. The summed E-state index contributed by atoms with van der Waals surface area (Å²) < 4.78 is 11.3. The van der Waals surface area contributed by atoms with E-state index in [0.29, 0.717) is 31.1 Å². The fraction of sp³-hybridized carbons (Fsp3) is 0.706. The highest BCUT2D eigenvalue weighted by Crippen LogP contribution is 2.22. The van der Waals surface area contributed by atoms with E-state index in [1.54, 1.807) is 0 Å². The summed E-state index contributed by atoms with van der Waals surface area (Å²) in [5.41, 5.74) is 2.34. The average Bonchev–Trinajstić information content (AvgIpc) is 3.27. The van der Waals surface area contributed by atoms with Crippen LogP contribution in [0.25, 0.3) is 0 Å². The summed E-state index contributed by atoms with van der Waals surface area (Å²) in [7, 11) is 0. The zero-order valence-corrected chi connectivity index (χ0v) is 13.7. The molecule has 0 aliphatic heterocycles. The predicted octanol–water partition coefficient (Wildman–Crippen LogP) is 3.26. The first-order valence-corrected chi connectivity index (χ1v) is 8.07. The third-order valence-electron chi connectivity index (χ3n) is 3.52. The van der Waals surface area contributed by atoms with Crippen LogP contribution in [0.2, 0.25) is 0 Å². The Hall–Kier alpha value is -1.13. The monoisotopic (exact) mass is 292 g/mol. The summed E-state index contributed by atoms with van der Waals surface area (Å²) in [5, 5.41) is 3.55. The number of hydrogen-bond acceptors (Lipinski definition) is 4. The van der Waals surface area contributed by atoms with Gasteiger partial charge in [0.25, 0.3) is 0 Å². The molecule has 0 aromatic carbocycles. The number of nitrogens with zero attached hydrogens (tertiary/aromatic N) is 1. The molecule has 4 nitrogen and oxygen atoms in total. The Labute approximate surface area is 128 Å². The Kier molecular flexibility index (Phi) is 6.00. The first-order valence-electron chi connectivity index (χ1n) is 8.07. The second-order valence-corrected chi connectivity index (χ2v) is 6.14. The minimum Gasteiger partial charge on any atom is -0.472 e. The van der Waals surface area contributed by atoms with Gasteiger partial charge in [-0.05, 0) is 44.2 Å². The minimum absolute atomic E-state index is 0.0177. The van der Waals surface area contributed by atoms with Crippen LogP contribution in [-0.2, 0) is 11.3 Å². The van der Waals surface area contributed by atoms with Gasteiger partial charge in [-0.15, -0.1) is 0 Å². The van der Waals surface area contributed by atoms with Crippen LogP contribution in [0.4, 0.5) is 0 Å². The van der Waals surface area contributed by atoms with Crippen LogP contribution in [-0.4, -0.2) is 30.3 Å². The topological polar surface area (TPSA) is 43.4 Å². The molecule has 118 valence electrons. The summed E-state index contributed by atoms with van der Waals surface area (Å²) in [6.07, 6.45) is 2.62. The van der Waals surface area contributed by atoms with Gasteiger partial charge in [0.1, 0.15) is 6.10 Å². The average molecular weight is 292 g/mol. The maximum Gasteiger partial charge on any atom is 0.214 e. The summed E-state index contributed by atoms with van der Waals surface area (Å²) in [5.74, 6) is 1.11. The molecule has 0 spiro atoms. The van der Waals surface area contributed by atoms with Gasteiger partial charge < -0.3 is 14.8 Å². The van der Waals surface area contributed by atoms with E-state index in [1.165, 1.54) is 18.4 Å². The molecule has 0 amide bonds. The summed E-state index contributed by atoms with van der Waals surface area (Å²) >= 11 is 0. The molecular formula is C17H28N2O2. The van der Waals surface area contributed by atoms with Crippen molar-refractivity contribution < 1.29 is 9.47 Å². The lowest BCUT2D eigenvalue weighted by molar-refractivity contribution is 0.0632. The molecule has 1 atom stereocenters. The van der Waals surface area contributed by atoms with Gasteiger partial charge in [0.15, 0.2) is 0 Å². The molecule has 4 heteroatoms. The van der Waals surface area contributed by atoms with E-state index in [1.807, 2.05) is 19.9 Å². The molecule has 0 saturated heterocycles. The molecule has 21 heavy (non-hydrogen) atoms. The Morgan fingerprint density at radius 2 is 2.05 bits per heavy atom. The summed E-state index contributed by atoms with van der Waals surface area (Å²) in [4.78, 5) is 4.62. The van der Waals surface area contributed by atoms with Crippen molar-refractivity contribution in [3.05, 3.63) is 23.4 Å². The fourth-order valence-corrected chi connectivity index (χ4v) is 2.11. The van der Waals surface area contributed by atoms with Crippen LogP contribution in [0.15, 0.2) is 12.1 Å². The van der Waals surface area contributed by atoms with E-state index in [0.717, 1.165) is 12.2 Å². The van der Waals surface area contributed by atoms with Crippen molar-refractivity contribution in [2.24, 2.45) is 0 Å². The second kappa shape index (κ2) is 7.76. The largest absolute Gasteiger partial charge is 0.472 e. The molecule has 1 aromatic heterocycles. The van der Waals surface area contributed by atoms with Crippen molar-refractivity contribution in [3.8, 4) is 5.88 Å². The van der Waals surface area contributed by atoms with Crippen molar-refractivity contribution in [2.45, 2.75) is 65.1 Å². The third kappa shape index (κ3) is 5.64. The molecule has 0 bridgehead atoms. The van der Waals surface area contributed by atoms with Crippen molar-refractivity contribution in [1.82, 2.24) is 10.3 Å². The molecule has 1 unspecified atom stereocenters. The van der Waals surface area contributed by atoms with Crippen LogP contribution in [0.1, 0.15) is 57.7 Å². The van der Waals surface area contributed by atoms with Crippen molar-refractivity contribution in [1.29, 1.82) is 0 Å². The van der Waals surface area contributed by atoms with Crippen LogP contribution < -0.4 is 10.1 Å². The third-order valence-corrected chi connectivity index (χ3v) is 3.52. The highest BCUT2D eigenvalue weighted by atomic mass is 16.5. The van der Waals surface area contributed by atoms with Gasteiger partial charge in [-0.2, -0.15) is 0 Å². The van der Waals surface area contributed by atoms with E-state index in [-0.39, 0.29) is 6.10 Å². The van der Waals surface area contributed by atoms with Gasteiger partial charge >= 0.3 is 0 Å². The van der Waals surface area contributed by atoms with Crippen molar-refractivity contribution in [3.63, 3.8) is 0 Å². The SMILES string of the molecule is CCOCC(C)Oc1cc(CNC2CC2)cc(C(C)C)n1. The molecule has 1 N–H and O–H groups in total. The zero-order chi connectivity index (χ0) is 15.2. The van der Waals surface area contributed by atoms with E-state index < -0.39 is 0 Å². The van der Waals surface area contributed by atoms with Crippen LogP contribution >= 0.6 is 0 Å². The Morgan fingerprint density at radius 3 is 2.67 bits per heavy atom. The Morgan fingerprint density at radius 1 is 1.29 bits per heavy atom. The number of hydrogen-bond donors (Lipinski definition) is 1. The standard InChI is InChI=1S/C17H28N2O2/c1-5-20-11-13(4)21-17-9-14(10-18-15-6-7-15)8-16(19-17)12(2)3/h8-9,12-13,15,18H,5-7,10-11H2,1-4H3. The molecule has 1 aliphatic rings. The maximum atomic E-state index is 5.91. The summed E-state index contributed by atoms with van der Waals surface area (Å²) in [6.45, 7) is 10.5. The van der Waals surface area contributed by atoms with Crippen molar-refractivity contribution >= 4 is 0 Å². The number of rotatable bonds is 9. The number of nitrogens with one attached hydrogen (secondary N) is 1. The van der Waals surface area contributed by atoms with Crippen LogP contribution in [0, 0.1) is 0 Å². The van der Waals surface area contributed by atoms with Gasteiger partial charge in [0, 0.05) is 31.0 Å². The van der Waals surface area contributed by atoms with Crippen LogP contribution in [0.3, 0.4) is 0 Å². The quantitative estimate of drug-likeness (QED) is 0.758. The molecule has 1 fully saturated rings. The lowest BCUT2D eigenvalue weighted by Crippen LogP contribution is -2.20. The van der Waals surface area contributed by atoms with Gasteiger partial charge in [-0.1, -0.05) is 13.8 Å².